The lowest BCUT2D eigenvalue weighted by atomic mass is 10.2. The molecular formula is C18H20N2O5. The quantitative estimate of drug-likeness (QED) is 0.617. The van der Waals surface area contributed by atoms with Crippen LogP contribution in [0.25, 0.3) is 0 Å². The van der Waals surface area contributed by atoms with Crippen LogP contribution in [0.15, 0.2) is 41.5 Å². The first kappa shape index (κ1) is 18.1. The number of carbonyl (C=O) groups excluding carboxylic acids is 1. The van der Waals surface area contributed by atoms with Crippen molar-refractivity contribution in [3.8, 4) is 23.0 Å². The predicted molar refractivity (Wildman–Crippen MR) is 94.2 cm³/mol. The van der Waals surface area contributed by atoms with Gasteiger partial charge >= 0.3 is 0 Å². The highest BCUT2D eigenvalue weighted by Gasteiger charge is 2.12. The molecule has 0 saturated carbocycles. The number of methoxy groups -OCH3 is 4. The minimum Gasteiger partial charge on any atom is -0.497 e. The van der Waals surface area contributed by atoms with Crippen LogP contribution in [0.3, 0.4) is 0 Å². The van der Waals surface area contributed by atoms with Gasteiger partial charge in [0.25, 0.3) is 5.91 Å². The van der Waals surface area contributed by atoms with E-state index >= 15 is 0 Å². The van der Waals surface area contributed by atoms with Crippen LogP contribution in [-0.4, -0.2) is 40.6 Å². The molecule has 25 heavy (non-hydrogen) atoms. The summed E-state index contributed by atoms with van der Waals surface area (Å²) < 4.78 is 20.7. The zero-order valence-electron chi connectivity index (χ0n) is 14.5. The van der Waals surface area contributed by atoms with E-state index in [0.717, 1.165) is 5.56 Å². The van der Waals surface area contributed by atoms with Crippen molar-refractivity contribution < 1.29 is 23.7 Å². The van der Waals surface area contributed by atoms with Gasteiger partial charge in [-0.3, -0.25) is 4.79 Å². The normalized spacial score (nSPS) is 10.4. The van der Waals surface area contributed by atoms with E-state index in [2.05, 4.69) is 10.5 Å². The smallest absolute Gasteiger partial charge is 0.275 e. The molecule has 7 heteroatoms. The molecule has 0 bridgehead atoms. The maximum Gasteiger partial charge on any atom is 0.275 e. The molecule has 1 amide bonds. The van der Waals surface area contributed by atoms with Gasteiger partial charge in [-0.2, -0.15) is 5.10 Å². The summed E-state index contributed by atoms with van der Waals surface area (Å²) in [4.78, 5) is 12.2. The molecule has 0 atom stereocenters. The highest BCUT2D eigenvalue weighted by atomic mass is 16.5. The van der Waals surface area contributed by atoms with Crippen LogP contribution in [0.2, 0.25) is 0 Å². The second kappa shape index (κ2) is 8.58. The summed E-state index contributed by atoms with van der Waals surface area (Å²) in [6.45, 7) is 0. The topological polar surface area (TPSA) is 78.4 Å². The monoisotopic (exact) mass is 344 g/mol. The Morgan fingerprint density at radius 3 is 2.24 bits per heavy atom. The van der Waals surface area contributed by atoms with E-state index in [-0.39, 0.29) is 0 Å². The van der Waals surface area contributed by atoms with Gasteiger partial charge in [-0.05, 0) is 35.9 Å². The maximum absolute atomic E-state index is 12.2. The van der Waals surface area contributed by atoms with Gasteiger partial charge < -0.3 is 18.9 Å². The molecule has 1 N–H and O–H groups in total. The van der Waals surface area contributed by atoms with Crippen LogP contribution < -0.4 is 24.4 Å². The first-order valence-corrected chi connectivity index (χ1v) is 7.40. The van der Waals surface area contributed by atoms with Crippen molar-refractivity contribution in [2.45, 2.75) is 0 Å². The molecule has 0 aliphatic carbocycles. The fraction of sp³-hybridized carbons (Fsp3) is 0.222. The van der Waals surface area contributed by atoms with Crippen molar-refractivity contribution >= 4 is 12.1 Å². The third-order valence-electron chi connectivity index (χ3n) is 3.44. The predicted octanol–water partition coefficient (Wildman–Crippen LogP) is 2.48. The van der Waals surface area contributed by atoms with Gasteiger partial charge in [0, 0.05) is 6.07 Å². The lowest BCUT2D eigenvalue weighted by Crippen LogP contribution is -2.18. The number of carbonyl (C=O) groups is 1. The maximum atomic E-state index is 12.2. The highest BCUT2D eigenvalue weighted by molar-refractivity contribution is 5.97. The average Bonchev–Trinajstić information content (AvgIpc) is 2.66. The Morgan fingerprint density at radius 1 is 0.880 bits per heavy atom. The Balaban J connectivity index is 2.10. The fourth-order valence-corrected chi connectivity index (χ4v) is 2.14. The number of hydrogen-bond donors (Lipinski definition) is 1. The summed E-state index contributed by atoms with van der Waals surface area (Å²) in [7, 11) is 6.14. The summed E-state index contributed by atoms with van der Waals surface area (Å²) in [5, 5.41) is 3.96. The van der Waals surface area contributed by atoms with E-state index in [9.17, 15) is 4.79 Å². The third kappa shape index (κ3) is 4.41. The summed E-state index contributed by atoms with van der Waals surface area (Å²) >= 11 is 0. The van der Waals surface area contributed by atoms with Crippen molar-refractivity contribution in [2.75, 3.05) is 28.4 Å². The molecule has 0 aliphatic heterocycles. The number of nitrogens with zero attached hydrogens (tertiary/aromatic N) is 1. The number of amides is 1. The summed E-state index contributed by atoms with van der Waals surface area (Å²) in [5.74, 6) is 1.80. The summed E-state index contributed by atoms with van der Waals surface area (Å²) in [6.07, 6.45) is 1.51. The average molecular weight is 344 g/mol. The number of hydrogen-bond acceptors (Lipinski definition) is 6. The largest absolute Gasteiger partial charge is 0.497 e. The highest BCUT2D eigenvalue weighted by Crippen LogP contribution is 2.27. The molecule has 2 rings (SSSR count). The van der Waals surface area contributed by atoms with E-state index < -0.39 is 5.91 Å². The number of benzene rings is 2. The van der Waals surface area contributed by atoms with Crippen LogP contribution >= 0.6 is 0 Å². The number of rotatable bonds is 7. The lowest BCUT2D eigenvalue weighted by Gasteiger charge is -2.09. The Morgan fingerprint density at radius 2 is 1.60 bits per heavy atom. The van der Waals surface area contributed by atoms with Crippen LogP contribution in [0, 0.1) is 0 Å². The summed E-state index contributed by atoms with van der Waals surface area (Å²) in [6, 6.07) is 10.2. The van der Waals surface area contributed by atoms with Crippen LogP contribution in [0.1, 0.15) is 15.9 Å². The van der Waals surface area contributed by atoms with E-state index in [4.69, 9.17) is 18.9 Å². The fourth-order valence-electron chi connectivity index (χ4n) is 2.14. The second-order valence-corrected chi connectivity index (χ2v) is 4.88. The molecule has 132 valence electrons. The third-order valence-corrected chi connectivity index (χ3v) is 3.44. The Hall–Kier alpha value is -3.22. The Bertz CT molecular complexity index is 774. The minimum absolute atomic E-state index is 0.354. The molecule has 2 aromatic rings. The molecular weight excluding hydrogens is 324 g/mol. The van der Waals surface area contributed by atoms with Gasteiger partial charge in [-0.15, -0.1) is 0 Å². The molecule has 0 aromatic heterocycles. The van der Waals surface area contributed by atoms with Crippen molar-refractivity contribution in [2.24, 2.45) is 5.10 Å². The van der Waals surface area contributed by atoms with E-state index in [1.54, 1.807) is 57.7 Å². The lowest BCUT2D eigenvalue weighted by molar-refractivity contribution is 0.0952. The van der Waals surface area contributed by atoms with Crippen molar-refractivity contribution in [3.05, 3.63) is 47.5 Å². The Labute approximate surface area is 146 Å². The van der Waals surface area contributed by atoms with Crippen molar-refractivity contribution in [1.29, 1.82) is 0 Å². The van der Waals surface area contributed by atoms with Crippen molar-refractivity contribution in [1.82, 2.24) is 5.43 Å². The molecule has 0 radical (unpaired) electrons. The van der Waals surface area contributed by atoms with Gasteiger partial charge in [0.15, 0.2) is 11.5 Å². The van der Waals surface area contributed by atoms with Gasteiger partial charge in [-0.1, -0.05) is 0 Å². The number of nitrogens with one attached hydrogen (secondary N) is 1. The zero-order valence-corrected chi connectivity index (χ0v) is 14.5. The number of ether oxygens (including phenoxy) is 4. The molecule has 0 spiro atoms. The standard InChI is InChI=1S/C18H20N2O5/c1-22-13-6-7-14(16(10-13)24-3)18(21)20-19-11-12-5-8-15(23-2)17(9-12)25-4/h5-11H,1-4H3,(H,20,21)/b19-11-. The van der Waals surface area contributed by atoms with Gasteiger partial charge in [0.05, 0.1) is 40.2 Å². The molecule has 2 aromatic carbocycles. The van der Waals surface area contributed by atoms with Gasteiger partial charge in [-0.25, -0.2) is 5.43 Å². The first-order chi connectivity index (χ1) is 12.1. The second-order valence-electron chi connectivity index (χ2n) is 4.88. The van der Waals surface area contributed by atoms with E-state index in [1.807, 2.05) is 0 Å². The molecule has 0 fully saturated rings. The van der Waals surface area contributed by atoms with Gasteiger partial charge in [0.1, 0.15) is 11.5 Å². The SMILES string of the molecule is COc1ccc(C(=O)N/N=C\c2ccc(OC)c(OC)c2)c(OC)c1. The van der Waals surface area contributed by atoms with Crippen molar-refractivity contribution in [3.63, 3.8) is 0 Å². The van der Waals surface area contributed by atoms with E-state index in [0.29, 0.717) is 28.6 Å². The first-order valence-electron chi connectivity index (χ1n) is 7.40. The molecule has 0 unspecified atom stereocenters. The van der Waals surface area contributed by atoms with E-state index in [1.165, 1.54) is 13.3 Å². The van der Waals surface area contributed by atoms with Gasteiger partial charge in [0.2, 0.25) is 0 Å². The van der Waals surface area contributed by atoms with Crippen LogP contribution in [0.4, 0.5) is 0 Å². The van der Waals surface area contributed by atoms with Crippen LogP contribution in [0.5, 0.6) is 23.0 Å². The van der Waals surface area contributed by atoms with Crippen LogP contribution in [-0.2, 0) is 0 Å². The zero-order chi connectivity index (χ0) is 18.2. The molecule has 7 nitrogen and oxygen atoms in total. The Kier molecular flexibility index (Phi) is 6.22. The summed E-state index contributed by atoms with van der Waals surface area (Å²) in [5.41, 5.74) is 3.57. The minimum atomic E-state index is -0.392. The molecule has 0 saturated heterocycles. The number of hydrazone groups is 1. The molecule has 0 aliphatic rings. The molecule has 0 heterocycles.